The molecule has 0 aliphatic carbocycles. The van der Waals surface area contributed by atoms with Gasteiger partial charge in [0.1, 0.15) is 6.54 Å². The smallest absolute Gasteiger partial charge is 0.346 e. The lowest BCUT2D eigenvalue weighted by Crippen LogP contribution is -2.49. The lowest BCUT2D eigenvalue weighted by atomic mass is 10.1. The number of carbonyl (C=O) groups is 2. The molecule has 0 aromatic rings. The molecule has 0 radical (unpaired) electrons. The lowest BCUT2D eigenvalue weighted by molar-refractivity contribution is -0.160. The van der Waals surface area contributed by atoms with Gasteiger partial charge in [0, 0.05) is 6.54 Å². The van der Waals surface area contributed by atoms with Crippen molar-refractivity contribution in [2.45, 2.75) is 33.0 Å². The van der Waals surface area contributed by atoms with Gasteiger partial charge in [0.25, 0.3) is 0 Å². The van der Waals surface area contributed by atoms with Crippen molar-refractivity contribution in [2.24, 2.45) is 11.7 Å². The highest BCUT2D eigenvalue weighted by Crippen LogP contribution is 2.16. The third-order valence-corrected chi connectivity index (χ3v) is 2.54. The van der Waals surface area contributed by atoms with Gasteiger partial charge in [0.05, 0.1) is 12.6 Å². The first-order chi connectivity index (χ1) is 8.58. The van der Waals surface area contributed by atoms with Crippen LogP contribution < -0.4 is 11.1 Å². The van der Waals surface area contributed by atoms with Crippen LogP contribution in [0.1, 0.15) is 20.8 Å². The van der Waals surface area contributed by atoms with Crippen LogP contribution in [0.2, 0.25) is 0 Å². The summed E-state index contributed by atoms with van der Waals surface area (Å²) in [7, 11) is 0. The van der Waals surface area contributed by atoms with Gasteiger partial charge in [0.2, 0.25) is 11.8 Å². The number of alkyl halides is 3. The van der Waals surface area contributed by atoms with E-state index in [1.165, 1.54) is 6.92 Å². The molecule has 0 aliphatic rings. The van der Waals surface area contributed by atoms with E-state index in [-0.39, 0.29) is 12.5 Å². The first kappa shape index (κ1) is 17.7. The van der Waals surface area contributed by atoms with E-state index in [1.807, 2.05) is 0 Å². The summed E-state index contributed by atoms with van der Waals surface area (Å²) in [6.07, 6.45) is -4.45. The van der Waals surface area contributed by atoms with Gasteiger partial charge in [-0.1, -0.05) is 13.8 Å². The second-order valence-electron chi connectivity index (χ2n) is 4.51. The summed E-state index contributed by atoms with van der Waals surface area (Å²) in [4.78, 5) is 23.6. The van der Waals surface area contributed by atoms with Crippen LogP contribution >= 0.6 is 0 Å². The van der Waals surface area contributed by atoms with Gasteiger partial charge in [-0.25, -0.2) is 0 Å². The van der Waals surface area contributed by atoms with E-state index in [9.17, 15) is 22.8 Å². The van der Waals surface area contributed by atoms with E-state index < -0.39 is 37.1 Å². The SMILES string of the molecule is CCN(CC(F)(F)F)C(=O)CNC(=O)[C@@H](N)C(C)C. The first-order valence-electron chi connectivity index (χ1n) is 5.96. The first-order valence-corrected chi connectivity index (χ1v) is 5.96. The topological polar surface area (TPSA) is 75.4 Å². The predicted octanol–water partition coefficient (Wildman–Crippen LogP) is 0.497. The van der Waals surface area contributed by atoms with Gasteiger partial charge in [-0.2, -0.15) is 13.2 Å². The van der Waals surface area contributed by atoms with Crippen molar-refractivity contribution >= 4 is 11.8 Å². The number of carbonyl (C=O) groups excluding carboxylic acids is 2. The zero-order valence-electron chi connectivity index (χ0n) is 11.3. The maximum Gasteiger partial charge on any atom is 0.406 e. The molecule has 0 rings (SSSR count). The minimum atomic E-state index is -4.45. The summed E-state index contributed by atoms with van der Waals surface area (Å²) in [6, 6.07) is -0.787. The second-order valence-corrected chi connectivity index (χ2v) is 4.51. The Morgan fingerprint density at radius 3 is 2.21 bits per heavy atom. The predicted molar refractivity (Wildman–Crippen MR) is 64.1 cm³/mol. The Hall–Kier alpha value is -1.31. The molecule has 0 unspecified atom stereocenters. The number of hydrogen-bond donors (Lipinski definition) is 2. The molecular formula is C11H20F3N3O2. The number of hydrogen-bond acceptors (Lipinski definition) is 3. The minimum absolute atomic E-state index is 0.0789. The van der Waals surface area contributed by atoms with E-state index in [1.54, 1.807) is 13.8 Å². The molecule has 2 amide bonds. The van der Waals surface area contributed by atoms with E-state index >= 15 is 0 Å². The maximum atomic E-state index is 12.2. The summed E-state index contributed by atoms with van der Waals surface area (Å²) in [6.45, 7) is 3.01. The average Bonchev–Trinajstić information content (AvgIpc) is 2.30. The monoisotopic (exact) mass is 283 g/mol. The third-order valence-electron chi connectivity index (χ3n) is 2.54. The molecule has 3 N–H and O–H groups in total. The molecule has 0 heterocycles. The van der Waals surface area contributed by atoms with Crippen LogP contribution in [0.3, 0.4) is 0 Å². The fourth-order valence-electron chi connectivity index (χ4n) is 1.29. The van der Waals surface area contributed by atoms with Crippen LogP contribution in [0.4, 0.5) is 13.2 Å². The zero-order chi connectivity index (χ0) is 15.2. The number of halogens is 3. The Labute approximate surface area is 110 Å². The van der Waals surface area contributed by atoms with E-state index in [4.69, 9.17) is 5.73 Å². The van der Waals surface area contributed by atoms with Crippen molar-refractivity contribution in [2.75, 3.05) is 19.6 Å². The highest BCUT2D eigenvalue weighted by atomic mass is 19.4. The maximum absolute atomic E-state index is 12.2. The fourth-order valence-corrected chi connectivity index (χ4v) is 1.29. The quantitative estimate of drug-likeness (QED) is 0.745. The van der Waals surface area contributed by atoms with E-state index in [0.717, 1.165) is 0 Å². The number of likely N-dealkylation sites (N-methyl/N-ethyl adjacent to an activating group) is 1. The van der Waals surface area contributed by atoms with E-state index in [0.29, 0.717) is 4.90 Å². The lowest BCUT2D eigenvalue weighted by Gasteiger charge is -2.23. The zero-order valence-corrected chi connectivity index (χ0v) is 11.3. The number of nitrogens with one attached hydrogen (secondary N) is 1. The number of rotatable bonds is 6. The Kier molecular flexibility index (Phi) is 6.82. The van der Waals surface area contributed by atoms with Crippen molar-refractivity contribution < 1.29 is 22.8 Å². The average molecular weight is 283 g/mol. The Morgan fingerprint density at radius 2 is 1.84 bits per heavy atom. The second kappa shape index (κ2) is 7.32. The van der Waals surface area contributed by atoms with Crippen LogP contribution in [0.15, 0.2) is 0 Å². The van der Waals surface area contributed by atoms with Crippen LogP contribution in [0.25, 0.3) is 0 Å². The molecule has 8 heteroatoms. The highest BCUT2D eigenvalue weighted by Gasteiger charge is 2.32. The molecule has 0 aromatic carbocycles. The van der Waals surface area contributed by atoms with Crippen molar-refractivity contribution in [1.82, 2.24) is 10.2 Å². The minimum Gasteiger partial charge on any atom is -0.346 e. The molecular weight excluding hydrogens is 263 g/mol. The molecule has 5 nitrogen and oxygen atoms in total. The summed E-state index contributed by atoms with van der Waals surface area (Å²) in [5, 5.41) is 2.24. The van der Waals surface area contributed by atoms with Gasteiger partial charge in [-0.15, -0.1) is 0 Å². The number of amides is 2. The highest BCUT2D eigenvalue weighted by molar-refractivity contribution is 5.87. The normalized spacial score (nSPS) is 13.3. The standard InChI is InChI=1S/C11H20F3N3O2/c1-4-17(6-11(12,13)14)8(18)5-16-10(19)9(15)7(2)3/h7,9H,4-6,15H2,1-3H3,(H,16,19)/t9-/m0/s1. The van der Waals surface area contributed by atoms with Crippen LogP contribution in [0.5, 0.6) is 0 Å². The Bertz CT molecular complexity index is 319. The van der Waals surface area contributed by atoms with Crippen LogP contribution in [-0.4, -0.2) is 48.6 Å². The Morgan fingerprint density at radius 1 is 1.32 bits per heavy atom. The van der Waals surface area contributed by atoms with Gasteiger partial charge in [-0.3, -0.25) is 9.59 Å². The van der Waals surface area contributed by atoms with Crippen molar-refractivity contribution in [3.05, 3.63) is 0 Å². The van der Waals surface area contributed by atoms with Gasteiger partial charge in [-0.05, 0) is 12.8 Å². The Balaban J connectivity index is 4.32. The third kappa shape index (κ3) is 7.00. The van der Waals surface area contributed by atoms with Gasteiger partial charge >= 0.3 is 6.18 Å². The summed E-state index contributed by atoms with van der Waals surface area (Å²) in [5.41, 5.74) is 5.54. The van der Waals surface area contributed by atoms with E-state index in [2.05, 4.69) is 5.32 Å². The number of nitrogens with two attached hydrogens (primary N) is 1. The van der Waals surface area contributed by atoms with Gasteiger partial charge in [0.15, 0.2) is 0 Å². The summed E-state index contributed by atoms with van der Waals surface area (Å²) in [5.74, 6) is -1.46. The molecule has 1 atom stereocenters. The molecule has 0 fully saturated rings. The van der Waals surface area contributed by atoms with Gasteiger partial charge < -0.3 is 16.0 Å². The number of nitrogens with zero attached hydrogens (tertiary/aromatic N) is 1. The molecule has 0 bridgehead atoms. The largest absolute Gasteiger partial charge is 0.406 e. The molecule has 19 heavy (non-hydrogen) atoms. The van der Waals surface area contributed by atoms with Crippen molar-refractivity contribution in [1.29, 1.82) is 0 Å². The van der Waals surface area contributed by atoms with Crippen molar-refractivity contribution in [3.8, 4) is 0 Å². The van der Waals surface area contributed by atoms with Crippen LogP contribution in [-0.2, 0) is 9.59 Å². The molecule has 0 aliphatic heterocycles. The molecule has 112 valence electrons. The summed E-state index contributed by atoms with van der Waals surface area (Å²) < 4.78 is 36.6. The molecule has 0 saturated carbocycles. The molecule has 0 aromatic heterocycles. The summed E-state index contributed by atoms with van der Waals surface area (Å²) >= 11 is 0. The fraction of sp³-hybridized carbons (Fsp3) is 0.818. The van der Waals surface area contributed by atoms with Crippen LogP contribution in [0, 0.1) is 5.92 Å². The van der Waals surface area contributed by atoms with Crippen molar-refractivity contribution in [3.63, 3.8) is 0 Å². The molecule has 0 saturated heterocycles. The molecule has 0 spiro atoms.